The molecule has 2 heterocycles. The average molecular weight is 537 g/mol. The molecule has 0 aliphatic carbocycles. The molecule has 4 rings (SSSR count). The number of halogens is 4. The van der Waals surface area contributed by atoms with E-state index >= 15 is 0 Å². The van der Waals surface area contributed by atoms with Gasteiger partial charge in [-0.05, 0) is 48.1 Å². The van der Waals surface area contributed by atoms with E-state index in [-0.39, 0.29) is 49.7 Å². The molecule has 2 unspecified atom stereocenters. The molecule has 2 aromatic rings. The number of ether oxygens (including phenoxy) is 2. The number of alkyl halides is 3. The van der Waals surface area contributed by atoms with Gasteiger partial charge in [-0.25, -0.2) is 9.18 Å². The maximum Gasteiger partial charge on any atom is 0.430 e. The van der Waals surface area contributed by atoms with Gasteiger partial charge in [0.25, 0.3) is 11.5 Å². The van der Waals surface area contributed by atoms with Crippen molar-refractivity contribution in [3.05, 3.63) is 71.0 Å². The van der Waals surface area contributed by atoms with Gasteiger partial charge in [-0.3, -0.25) is 9.59 Å². The second-order valence-corrected chi connectivity index (χ2v) is 9.70. The third-order valence-electron chi connectivity index (χ3n) is 7.77. The highest BCUT2D eigenvalue weighted by Gasteiger charge is 2.64. The minimum absolute atomic E-state index is 0.0400. The summed E-state index contributed by atoms with van der Waals surface area (Å²) in [5.74, 6) is -2.92. The summed E-state index contributed by atoms with van der Waals surface area (Å²) in [5.41, 5.74) is -3.83. The van der Waals surface area contributed by atoms with Crippen molar-refractivity contribution in [2.24, 2.45) is 5.41 Å². The average Bonchev–Trinajstić information content (AvgIpc) is 2.89. The Bertz CT molecular complexity index is 1210. The van der Waals surface area contributed by atoms with E-state index in [1.54, 1.807) is 12.1 Å². The molecule has 1 spiro atoms. The summed E-state index contributed by atoms with van der Waals surface area (Å²) in [6.07, 6.45) is -4.46. The first-order valence-electron chi connectivity index (χ1n) is 12.1. The van der Waals surface area contributed by atoms with Gasteiger partial charge in [-0.2, -0.15) is 13.2 Å². The zero-order valence-electron chi connectivity index (χ0n) is 20.9. The number of carbonyl (C=O) groups excluding carboxylic acids is 3. The van der Waals surface area contributed by atoms with Crippen LogP contribution in [0.3, 0.4) is 0 Å². The van der Waals surface area contributed by atoms with E-state index in [2.05, 4.69) is 10.1 Å². The molecule has 2 aromatic carbocycles. The van der Waals surface area contributed by atoms with Gasteiger partial charge in [0.2, 0.25) is 5.91 Å². The molecule has 2 fully saturated rings. The summed E-state index contributed by atoms with van der Waals surface area (Å²) in [6, 6.07) is 10.5. The number of esters is 1. The van der Waals surface area contributed by atoms with Crippen LogP contribution in [0.1, 0.15) is 46.7 Å². The zero-order valence-corrected chi connectivity index (χ0v) is 20.9. The summed E-state index contributed by atoms with van der Waals surface area (Å²) in [4.78, 5) is 39.0. The van der Waals surface area contributed by atoms with Crippen molar-refractivity contribution in [3.63, 3.8) is 0 Å². The number of hydrogen-bond acceptors (Lipinski definition) is 5. The Morgan fingerprint density at radius 3 is 2.29 bits per heavy atom. The van der Waals surface area contributed by atoms with E-state index in [9.17, 15) is 31.9 Å². The van der Waals surface area contributed by atoms with Crippen LogP contribution in [-0.2, 0) is 24.7 Å². The molecule has 11 heteroatoms. The van der Waals surface area contributed by atoms with Crippen LogP contribution in [0.5, 0.6) is 0 Å². The summed E-state index contributed by atoms with van der Waals surface area (Å²) < 4.78 is 67.0. The third-order valence-corrected chi connectivity index (χ3v) is 7.77. The molecule has 0 radical (unpaired) electrons. The zero-order chi connectivity index (χ0) is 27.7. The van der Waals surface area contributed by atoms with E-state index in [4.69, 9.17) is 4.74 Å². The molecule has 38 heavy (non-hydrogen) atoms. The Balaban J connectivity index is 1.65. The van der Waals surface area contributed by atoms with E-state index in [0.29, 0.717) is 6.54 Å². The Morgan fingerprint density at radius 2 is 1.71 bits per heavy atom. The summed E-state index contributed by atoms with van der Waals surface area (Å²) in [6.45, 7) is 0.229. The molecule has 0 bridgehead atoms. The van der Waals surface area contributed by atoms with E-state index in [0.717, 1.165) is 36.8 Å². The number of piperidine rings is 2. The highest BCUT2D eigenvalue weighted by atomic mass is 19.4. The smallest absolute Gasteiger partial charge is 0.430 e. The highest BCUT2D eigenvalue weighted by molar-refractivity contribution is 5.92. The molecule has 1 N–H and O–H groups in total. The first-order chi connectivity index (χ1) is 18.0. The van der Waals surface area contributed by atoms with Gasteiger partial charge >= 0.3 is 12.1 Å². The molecule has 0 saturated carbocycles. The third kappa shape index (κ3) is 4.75. The summed E-state index contributed by atoms with van der Waals surface area (Å²) in [5, 5.41) is 2.82. The number of carbonyl (C=O) groups is 3. The predicted octanol–water partition coefficient (Wildman–Crippen LogP) is 3.93. The van der Waals surface area contributed by atoms with Crippen molar-refractivity contribution in [1.82, 2.24) is 10.2 Å². The number of amides is 2. The van der Waals surface area contributed by atoms with Crippen molar-refractivity contribution in [1.29, 1.82) is 0 Å². The van der Waals surface area contributed by atoms with Gasteiger partial charge in [0, 0.05) is 44.6 Å². The van der Waals surface area contributed by atoms with Gasteiger partial charge in [0.1, 0.15) is 5.82 Å². The maximum atomic E-state index is 14.6. The number of benzene rings is 2. The molecule has 2 saturated heterocycles. The number of hydrogen-bond donors (Lipinski definition) is 1. The first kappa shape index (κ1) is 27.6. The fourth-order valence-electron chi connectivity index (χ4n) is 5.72. The number of methoxy groups -OCH3 is 2. The fourth-order valence-corrected chi connectivity index (χ4v) is 5.72. The van der Waals surface area contributed by atoms with Crippen LogP contribution in [0.2, 0.25) is 0 Å². The van der Waals surface area contributed by atoms with E-state index in [1.807, 2.05) is 0 Å². The van der Waals surface area contributed by atoms with Crippen LogP contribution in [-0.4, -0.2) is 62.7 Å². The molecule has 204 valence electrons. The van der Waals surface area contributed by atoms with Crippen LogP contribution >= 0.6 is 0 Å². The molecule has 2 amide bonds. The Morgan fingerprint density at radius 1 is 1.05 bits per heavy atom. The van der Waals surface area contributed by atoms with Crippen molar-refractivity contribution >= 4 is 17.8 Å². The van der Waals surface area contributed by atoms with E-state index in [1.165, 1.54) is 24.3 Å². The SMILES string of the molecule is COC(=O)c1cccc(C(OC)(C(=O)N2CCC3(CC2)CC(=O)NCC3c2ccc(F)cc2)C(F)(F)F)c1. The van der Waals surface area contributed by atoms with Crippen LogP contribution < -0.4 is 5.32 Å². The highest BCUT2D eigenvalue weighted by Crippen LogP contribution is 2.50. The van der Waals surface area contributed by atoms with Gasteiger partial charge in [0.15, 0.2) is 0 Å². The lowest BCUT2D eigenvalue weighted by atomic mass is 9.62. The number of rotatable bonds is 5. The molecule has 2 atom stereocenters. The van der Waals surface area contributed by atoms with Crippen molar-refractivity contribution in [3.8, 4) is 0 Å². The van der Waals surface area contributed by atoms with E-state index < -0.39 is 40.4 Å². The quantitative estimate of drug-likeness (QED) is 0.463. The Labute approximate surface area is 217 Å². The second kappa shape index (κ2) is 10.4. The monoisotopic (exact) mass is 536 g/mol. The van der Waals surface area contributed by atoms with Crippen molar-refractivity contribution in [2.75, 3.05) is 33.9 Å². The molecule has 0 aromatic heterocycles. The topological polar surface area (TPSA) is 84.9 Å². The first-order valence-corrected chi connectivity index (χ1v) is 12.1. The molecule has 7 nitrogen and oxygen atoms in total. The van der Waals surface area contributed by atoms with Crippen LogP contribution in [0.25, 0.3) is 0 Å². The summed E-state index contributed by atoms with van der Waals surface area (Å²) in [7, 11) is 1.90. The Hall–Kier alpha value is -3.47. The van der Waals surface area contributed by atoms with Crippen LogP contribution in [0.4, 0.5) is 17.6 Å². The number of likely N-dealkylation sites (tertiary alicyclic amines) is 1. The minimum atomic E-state index is -5.15. The lowest BCUT2D eigenvalue weighted by molar-refractivity contribution is -0.271. The minimum Gasteiger partial charge on any atom is -0.465 e. The van der Waals surface area contributed by atoms with Gasteiger partial charge < -0.3 is 19.7 Å². The number of nitrogens with one attached hydrogen (secondary N) is 1. The van der Waals surface area contributed by atoms with Gasteiger partial charge in [0.05, 0.1) is 12.7 Å². The second-order valence-electron chi connectivity index (χ2n) is 9.70. The standard InChI is InChI=1S/C27H28F4N2O5/c1-37-23(35)18-4-3-5-19(14-18)26(38-2,27(29,30)31)24(36)33-12-10-25(11-13-33)15-22(34)32-16-21(25)17-6-8-20(28)9-7-17/h3-9,14,21H,10-13,15-16H2,1-2H3,(H,32,34). The van der Waals surface area contributed by atoms with Crippen LogP contribution in [0.15, 0.2) is 48.5 Å². The Kier molecular flexibility index (Phi) is 7.51. The fraction of sp³-hybridized carbons (Fsp3) is 0.444. The predicted molar refractivity (Wildman–Crippen MR) is 128 cm³/mol. The normalized spacial score (nSPS) is 20.9. The number of nitrogens with zero attached hydrogens (tertiary/aromatic N) is 1. The molecular formula is C27H28F4N2O5. The van der Waals surface area contributed by atoms with Crippen molar-refractivity contribution in [2.45, 2.75) is 37.0 Å². The molecule has 2 aliphatic rings. The van der Waals surface area contributed by atoms with Crippen molar-refractivity contribution < 1.29 is 41.4 Å². The van der Waals surface area contributed by atoms with Crippen LogP contribution in [0, 0.1) is 11.2 Å². The molecular weight excluding hydrogens is 508 g/mol. The maximum absolute atomic E-state index is 14.6. The lowest BCUT2D eigenvalue weighted by Gasteiger charge is -2.50. The van der Waals surface area contributed by atoms with Gasteiger partial charge in [-0.1, -0.05) is 24.3 Å². The largest absolute Gasteiger partial charge is 0.465 e. The molecule has 2 aliphatic heterocycles. The van der Waals surface area contributed by atoms with Gasteiger partial charge in [-0.15, -0.1) is 0 Å². The summed E-state index contributed by atoms with van der Waals surface area (Å²) >= 11 is 0. The lowest BCUT2D eigenvalue weighted by Crippen LogP contribution is -2.60.